The normalized spacial score (nSPS) is 11.5. The summed E-state index contributed by atoms with van der Waals surface area (Å²) in [6.07, 6.45) is -4.54. The third-order valence-electron chi connectivity index (χ3n) is 4.39. The average Bonchev–Trinajstić information content (AvgIpc) is 3.11. The highest BCUT2D eigenvalue weighted by Gasteiger charge is 2.23. The number of alkyl halides is 2. The lowest BCUT2D eigenvalue weighted by atomic mass is 10.0. The molecule has 3 N–H and O–H groups in total. The maximum Gasteiger partial charge on any atom is 0.414 e. The van der Waals surface area contributed by atoms with Crippen molar-refractivity contribution in [2.75, 3.05) is 11.4 Å². The van der Waals surface area contributed by atoms with Gasteiger partial charge < -0.3 is 10.1 Å². The molecule has 0 atom stereocenters. The minimum absolute atomic E-state index is 0.0673. The Morgan fingerprint density at radius 3 is 2.50 bits per heavy atom. The summed E-state index contributed by atoms with van der Waals surface area (Å²) in [5.74, 6) is -2.11. The van der Waals surface area contributed by atoms with Gasteiger partial charge in [-0.15, -0.1) is 0 Å². The lowest BCUT2D eigenvalue weighted by molar-refractivity contribution is 0.147. The van der Waals surface area contributed by atoms with E-state index in [4.69, 9.17) is 5.11 Å². The molecule has 0 bridgehead atoms. The quantitative estimate of drug-likeness (QED) is 0.437. The molecule has 4 rings (SSSR count). The molecule has 0 aliphatic heterocycles. The van der Waals surface area contributed by atoms with Crippen LogP contribution in [0.15, 0.2) is 35.1 Å². The van der Waals surface area contributed by atoms with Crippen LogP contribution in [0.1, 0.15) is 0 Å². The molecule has 0 aliphatic carbocycles. The van der Waals surface area contributed by atoms with Gasteiger partial charge in [0, 0.05) is 5.56 Å². The number of carbonyl (C=O) groups is 1. The fourth-order valence-electron chi connectivity index (χ4n) is 3.10. The molecule has 0 saturated heterocycles. The molecular weight excluding hydrogens is 410 g/mol. The molecule has 0 fully saturated rings. The van der Waals surface area contributed by atoms with E-state index in [9.17, 15) is 27.2 Å². The van der Waals surface area contributed by atoms with Gasteiger partial charge in [0.25, 0.3) is 12.0 Å². The monoisotopic (exact) mass is 421 g/mol. The van der Waals surface area contributed by atoms with Crippen LogP contribution in [-0.4, -0.2) is 44.3 Å². The van der Waals surface area contributed by atoms with Gasteiger partial charge in [-0.2, -0.15) is 5.10 Å². The molecule has 154 valence electrons. The lowest BCUT2D eigenvalue weighted by Crippen LogP contribution is -2.34. The number of imidazole rings is 1. The summed E-state index contributed by atoms with van der Waals surface area (Å²) in [4.78, 5) is 30.1. The van der Waals surface area contributed by atoms with E-state index in [0.717, 1.165) is 12.1 Å². The Balaban J connectivity index is 1.88. The summed E-state index contributed by atoms with van der Waals surface area (Å²) in [5.41, 5.74) is -0.239. The molecule has 2 aromatic carbocycles. The summed E-state index contributed by atoms with van der Waals surface area (Å²) in [7, 11) is 0. The second-order valence-corrected chi connectivity index (χ2v) is 6.26. The van der Waals surface area contributed by atoms with E-state index in [1.807, 2.05) is 0 Å². The van der Waals surface area contributed by atoms with Crippen molar-refractivity contribution in [3.05, 3.63) is 52.3 Å². The number of nitrogens with one attached hydrogen (secondary N) is 2. The van der Waals surface area contributed by atoms with Gasteiger partial charge in [-0.05, 0) is 24.3 Å². The Bertz CT molecular complexity index is 1350. The first kappa shape index (κ1) is 19.4. The van der Waals surface area contributed by atoms with Gasteiger partial charge >= 0.3 is 6.09 Å². The Hall–Kier alpha value is -3.96. The highest BCUT2D eigenvalue weighted by Crippen LogP contribution is 2.30. The van der Waals surface area contributed by atoms with Crippen LogP contribution in [0, 0.1) is 11.6 Å². The van der Waals surface area contributed by atoms with Crippen LogP contribution >= 0.6 is 0 Å². The number of fused-ring (bicyclic) bond motifs is 2. The molecule has 0 aliphatic rings. The maximum atomic E-state index is 14.4. The highest BCUT2D eigenvalue weighted by molar-refractivity contribution is 5.96. The molecule has 1 amide bonds. The van der Waals surface area contributed by atoms with E-state index in [0.29, 0.717) is 4.90 Å². The third-order valence-corrected chi connectivity index (χ3v) is 4.39. The van der Waals surface area contributed by atoms with Crippen LogP contribution in [-0.2, 0) is 0 Å². The molecule has 2 aromatic heterocycles. The number of aromatic nitrogens is 4. The largest absolute Gasteiger partial charge is 0.465 e. The second-order valence-electron chi connectivity index (χ2n) is 6.26. The van der Waals surface area contributed by atoms with Gasteiger partial charge in [-0.1, -0.05) is 6.07 Å². The van der Waals surface area contributed by atoms with Gasteiger partial charge in [-0.25, -0.2) is 37.3 Å². The summed E-state index contributed by atoms with van der Waals surface area (Å²) in [6, 6.07) is 5.95. The highest BCUT2D eigenvalue weighted by atomic mass is 19.3. The molecule has 0 unspecified atom stereocenters. The number of carboxylic acid groups (broad SMARTS) is 1. The Morgan fingerprint density at radius 2 is 1.83 bits per heavy atom. The maximum absolute atomic E-state index is 14.4. The molecule has 12 heteroatoms. The van der Waals surface area contributed by atoms with Crippen LogP contribution < -0.4 is 10.5 Å². The summed E-state index contributed by atoms with van der Waals surface area (Å²) in [6.45, 7) is -1.08. The summed E-state index contributed by atoms with van der Waals surface area (Å²) < 4.78 is 53.8. The van der Waals surface area contributed by atoms with Crippen molar-refractivity contribution >= 4 is 33.8 Å². The zero-order chi connectivity index (χ0) is 21.6. The van der Waals surface area contributed by atoms with Gasteiger partial charge in [0.15, 0.2) is 0 Å². The number of anilines is 1. The molecular formula is C18H11F4N5O3. The number of H-pyrrole nitrogens is 2. The Morgan fingerprint density at radius 1 is 1.13 bits per heavy atom. The van der Waals surface area contributed by atoms with E-state index in [-0.39, 0.29) is 33.6 Å². The number of rotatable bonds is 4. The molecule has 4 aromatic rings. The number of aromatic amines is 2. The first-order valence-corrected chi connectivity index (χ1v) is 8.41. The number of hydrogen-bond acceptors (Lipinski definition) is 4. The first-order valence-electron chi connectivity index (χ1n) is 8.41. The standard InChI is InChI=1S/C18H11F4N5O3/c19-8-2-3-9(20)14-13(8)15(25-26-16(14)28)7-1-4-10-11(5-7)24-17(23-10)27(18(29)30)6-12(21)22/h1-5,12H,6H2,(H,23,24)(H,26,28)(H,29,30). The second kappa shape index (κ2) is 7.13. The van der Waals surface area contributed by atoms with Crippen molar-refractivity contribution in [1.82, 2.24) is 20.2 Å². The topological polar surface area (TPSA) is 115 Å². The number of halogens is 4. The van der Waals surface area contributed by atoms with Gasteiger partial charge in [-0.3, -0.25) is 4.79 Å². The average molecular weight is 421 g/mol. The first-order chi connectivity index (χ1) is 14.3. The van der Waals surface area contributed by atoms with E-state index >= 15 is 0 Å². The molecule has 0 spiro atoms. The van der Waals surface area contributed by atoms with Crippen LogP contribution in [0.2, 0.25) is 0 Å². The zero-order valence-corrected chi connectivity index (χ0v) is 14.8. The van der Waals surface area contributed by atoms with Crippen LogP contribution in [0.3, 0.4) is 0 Å². The predicted molar refractivity (Wildman–Crippen MR) is 98.7 cm³/mol. The van der Waals surface area contributed by atoms with Gasteiger partial charge in [0.05, 0.1) is 28.4 Å². The van der Waals surface area contributed by atoms with E-state index in [1.165, 1.54) is 18.2 Å². The van der Waals surface area contributed by atoms with Crippen molar-refractivity contribution in [3.8, 4) is 11.3 Å². The zero-order valence-electron chi connectivity index (χ0n) is 14.8. The Labute approximate surface area is 163 Å². The van der Waals surface area contributed by atoms with Gasteiger partial charge in [0.2, 0.25) is 5.95 Å². The predicted octanol–water partition coefficient (Wildman–Crippen LogP) is 3.49. The smallest absolute Gasteiger partial charge is 0.414 e. The summed E-state index contributed by atoms with van der Waals surface area (Å²) in [5, 5.41) is 14.2. The number of benzene rings is 2. The van der Waals surface area contributed by atoms with E-state index < -0.39 is 41.6 Å². The van der Waals surface area contributed by atoms with Gasteiger partial charge in [0.1, 0.15) is 17.3 Å². The van der Waals surface area contributed by atoms with Crippen molar-refractivity contribution in [3.63, 3.8) is 0 Å². The minimum Gasteiger partial charge on any atom is -0.465 e. The molecule has 8 nitrogen and oxygen atoms in total. The van der Waals surface area contributed by atoms with Crippen LogP contribution in [0.4, 0.5) is 28.3 Å². The number of nitrogens with zero attached hydrogens (tertiary/aromatic N) is 3. The van der Waals surface area contributed by atoms with Crippen molar-refractivity contribution in [1.29, 1.82) is 0 Å². The molecule has 30 heavy (non-hydrogen) atoms. The van der Waals surface area contributed by atoms with Crippen molar-refractivity contribution < 1.29 is 27.5 Å². The van der Waals surface area contributed by atoms with Crippen molar-refractivity contribution in [2.45, 2.75) is 6.43 Å². The Kier molecular flexibility index (Phi) is 4.60. The molecule has 0 saturated carbocycles. The SMILES string of the molecule is O=C(O)N(CC(F)F)c1nc2ccc(-c3n[nH]c(=O)c4c(F)ccc(F)c34)cc2[nH]1. The fraction of sp³-hybridized carbons (Fsp3) is 0.111. The van der Waals surface area contributed by atoms with Crippen LogP contribution in [0.25, 0.3) is 33.1 Å². The fourth-order valence-corrected chi connectivity index (χ4v) is 3.10. The molecule has 2 heterocycles. The van der Waals surface area contributed by atoms with Crippen molar-refractivity contribution in [2.24, 2.45) is 0 Å². The van der Waals surface area contributed by atoms with E-state index in [1.54, 1.807) is 0 Å². The van der Waals surface area contributed by atoms with Crippen LogP contribution in [0.5, 0.6) is 0 Å². The summed E-state index contributed by atoms with van der Waals surface area (Å²) >= 11 is 0. The molecule has 0 radical (unpaired) electrons. The lowest BCUT2D eigenvalue weighted by Gasteiger charge is -2.14. The van der Waals surface area contributed by atoms with E-state index in [2.05, 4.69) is 20.2 Å². The number of hydrogen-bond donors (Lipinski definition) is 3. The number of amides is 1. The third kappa shape index (κ3) is 3.21. The minimum atomic E-state index is -2.92.